The number of benzene rings is 1. The Morgan fingerprint density at radius 1 is 1.16 bits per heavy atom. The minimum absolute atomic E-state index is 0.0657. The number of thiophene rings is 1. The summed E-state index contributed by atoms with van der Waals surface area (Å²) in [6.07, 6.45) is 4.58. The van der Waals surface area contributed by atoms with E-state index >= 15 is 0 Å². The number of halogens is 1. The second-order valence-electron chi connectivity index (χ2n) is 11.2. The number of nitrogens with zero attached hydrogens (tertiary/aromatic N) is 5. The second kappa shape index (κ2) is 11.7. The summed E-state index contributed by atoms with van der Waals surface area (Å²) in [4.78, 5) is 43.4. The lowest BCUT2D eigenvalue weighted by molar-refractivity contribution is -0.129. The van der Waals surface area contributed by atoms with Crippen molar-refractivity contribution in [2.75, 3.05) is 20.7 Å². The highest BCUT2D eigenvalue weighted by Gasteiger charge is 2.36. The van der Waals surface area contributed by atoms with Crippen molar-refractivity contribution in [3.8, 4) is 10.8 Å². The van der Waals surface area contributed by atoms with Crippen LogP contribution in [0, 0.1) is 12.7 Å². The summed E-state index contributed by atoms with van der Waals surface area (Å²) < 4.78 is 31.0. The van der Waals surface area contributed by atoms with Crippen molar-refractivity contribution in [3.63, 3.8) is 0 Å². The maximum absolute atomic E-state index is 14.7. The molecular formula is C30H34FN5O6S. The molecule has 0 spiro atoms. The van der Waals surface area contributed by atoms with Crippen LogP contribution in [0.25, 0.3) is 15.2 Å². The molecule has 1 N–H and O–H groups in total. The van der Waals surface area contributed by atoms with Gasteiger partial charge >= 0.3 is 5.69 Å². The monoisotopic (exact) mass is 611 g/mol. The first-order valence-corrected chi connectivity index (χ1v) is 15.2. The molecule has 4 heterocycles. The third-order valence-electron chi connectivity index (χ3n) is 8.53. The molecule has 1 aromatic carbocycles. The number of methoxy groups -OCH3 is 1. The highest BCUT2D eigenvalue weighted by Crippen LogP contribution is 2.36. The fourth-order valence-electron chi connectivity index (χ4n) is 6.19. The van der Waals surface area contributed by atoms with E-state index in [1.54, 1.807) is 37.1 Å². The van der Waals surface area contributed by atoms with Crippen LogP contribution >= 0.6 is 11.3 Å². The van der Waals surface area contributed by atoms with Crippen molar-refractivity contribution >= 4 is 27.5 Å². The largest absolute Gasteiger partial charge is 0.496 e. The van der Waals surface area contributed by atoms with Crippen molar-refractivity contribution in [1.82, 2.24) is 23.8 Å². The highest BCUT2D eigenvalue weighted by atomic mass is 32.1. The highest BCUT2D eigenvalue weighted by molar-refractivity contribution is 7.21. The number of likely N-dealkylation sites (N-methyl/N-ethyl adjacent to an activating group) is 1. The second-order valence-corrected chi connectivity index (χ2v) is 12.2. The molecule has 43 heavy (non-hydrogen) atoms. The number of fused-ring (bicyclic) bond motifs is 1. The van der Waals surface area contributed by atoms with Crippen molar-refractivity contribution in [1.29, 1.82) is 0 Å². The van der Waals surface area contributed by atoms with E-state index in [2.05, 4.69) is 5.10 Å². The van der Waals surface area contributed by atoms with Crippen LogP contribution in [0.15, 0.2) is 46.2 Å². The van der Waals surface area contributed by atoms with Gasteiger partial charge in [0.25, 0.3) is 5.56 Å². The predicted molar refractivity (Wildman–Crippen MR) is 159 cm³/mol. The predicted octanol–water partition coefficient (Wildman–Crippen LogP) is 3.33. The van der Waals surface area contributed by atoms with Crippen molar-refractivity contribution < 1.29 is 23.8 Å². The van der Waals surface area contributed by atoms with E-state index in [1.807, 2.05) is 0 Å². The Hall–Kier alpha value is -3.81. The smallest absolute Gasteiger partial charge is 0.332 e. The van der Waals surface area contributed by atoms with Crippen LogP contribution in [0.5, 0.6) is 5.75 Å². The van der Waals surface area contributed by atoms with E-state index in [1.165, 1.54) is 46.1 Å². The number of ether oxygens (including phenoxy) is 2. The van der Waals surface area contributed by atoms with Gasteiger partial charge in [-0.25, -0.2) is 18.4 Å². The van der Waals surface area contributed by atoms with Gasteiger partial charge in [-0.15, -0.1) is 0 Å². The number of rotatable bonds is 8. The fourth-order valence-corrected chi connectivity index (χ4v) is 7.44. The molecule has 6 rings (SSSR count). The topological polar surface area (TPSA) is 121 Å². The van der Waals surface area contributed by atoms with Gasteiger partial charge in [0.1, 0.15) is 33.5 Å². The number of aromatic nitrogens is 4. The molecule has 1 saturated heterocycles. The number of amides is 1. The van der Waals surface area contributed by atoms with Gasteiger partial charge in [0.05, 0.1) is 31.2 Å². The average molecular weight is 612 g/mol. The number of hydrogen-bond donors (Lipinski definition) is 1. The van der Waals surface area contributed by atoms with Crippen LogP contribution in [0.4, 0.5) is 4.39 Å². The van der Waals surface area contributed by atoms with Gasteiger partial charge in [0.15, 0.2) is 0 Å². The fraction of sp³-hybridized carbons (Fsp3) is 0.467. The van der Waals surface area contributed by atoms with Gasteiger partial charge in [-0.2, -0.15) is 5.10 Å². The van der Waals surface area contributed by atoms with Crippen molar-refractivity contribution in [3.05, 3.63) is 74.4 Å². The SMILES string of the molecule is COc1ccc(F)cc1[C@H](Cn1c(=O)n([C@H]2CCN(C)C2=O)c(=O)c2c(C)c(-n3cccn3)sc21)OC1CCC(O)CC1. The summed E-state index contributed by atoms with van der Waals surface area (Å²) in [5, 5.41) is 15.4. The Labute approximate surface area is 250 Å². The van der Waals surface area contributed by atoms with Gasteiger partial charge in [-0.3, -0.25) is 14.2 Å². The third kappa shape index (κ3) is 5.30. The molecule has 2 atom stereocenters. The molecule has 0 bridgehead atoms. The van der Waals surface area contributed by atoms with Crippen molar-refractivity contribution in [2.45, 2.75) is 69.9 Å². The van der Waals surface area contributed by atoms with Gasteiger partial charge in [0, 0.05) is 37.1 Å². The summed E-state index contributed by atoms with van der Waals surface area (Å²) in [6, 6.07) is 4.98. The summed E-state index contributed by atoms with van der Waals surface area (Å²) >= 11 is 1.25. The average Bonchev–Trinajstić information content (AvgIpc) is 3.72. The van der Waals surface area contributed by atoms with Crippen LogP contribution < -0.4 is 16.0 Å². The molecule has 1 aliphatic carbocycles. The standard InChI is InChI=1S/C30H34FN5O6S/c1-17-25-27(39)36(22-11-14-33(2)26(22)38)30(40)34(29(25)43-28(17)35-13-4-12-32-35)16-24(42-20-8-6-19(37)7-9-20)21-15-18(31)5-10-23(21)41-3/h4-5,10,12-13,15,19-20,22,24,37H,6-9,11,14,16H2,1-3H3/t19?,20?,22-,24-/m0/s1. The number of carbonyl (C=O) groups is 1. The maximum Gasteiger partial charge on any atom is 0.332 e. The Morgan fingerprint density at radius 3 is 2.58 bits per heavy atom. The van der Waals surface area contributed by atoms with E-state index in [0.717, 1.165) is 4.57 Å². The van der Waals surface area contributed by atoms with Crippen LogP contribution in [0.1, 0.15) is 55.4 Å². The molecule has 2 fully saturated rings. The minimum Gasteiger partial charge on any atom is -0.496 e. The number of carbonyl (C=O) groups excluding carboxylic acids is 1. The zero-order chi connectivity index (χ0) is 30.4. The van der Waals surface area contributed by atoms with Crippen LogP contribution in [-0.2, 0) is 16.1 Å². The lowest BCUT2D eigenvalue weighted by Gasteiger charge is -2.31. The molecular weight excluding hydrogens is 577 g/mol. The minimum atomic E-state index is -0.934. The Morgan fingerprint density at radius 2 is 1.93 bits per heavy atom. The number of aryl methyl sites for hydroxylation is 1. The van der Waals surface area contributed by atoms with Crippen LogP contribution in [0.2, 0.25) is 0 Å². The van der Waals surface area contributed by atoms with E-state index in [0.29, 0.717) is 70.7 Å². The number of aliphatic hydroxyl groups excluding tert-OH is 1. The first kappa shape index (κ1) is 29.3. The lowest BCUT2D eigenvalue weighted by Crippen LogP contribution is -2.45. The van der Waals surface area contributed by atoms with Gasteiger partial charge in [0.2, 0.25) is 5.91 Å². The normalized spacial score (nSPS) is 21.6. The summed E-state index contributed by atoms with van der Waals surface area (Å²) in [5.41, 5.74) is -0.109. The Bertz CT molecular complexity index is 1770. The molecule has 13 heteroatoms. The zero-order valence-electron chi connectivity index (χ0n) is 24.2. The molecule has 0 radical (unpaired) electrons. The molecule has 1 saturated carbocycles. The molecule has 3 aromatic heterocycles. The zero-order valence-corrected chi connectivity index (χ0v) is 25.1. The molecule has 1 aliphatic heterocycles. The summed E-state index contributed by atoms with van der Waals surface area (Å²) in [6.45, 7) is 2.16. The molecule has 0 unspecified atom stereocenters. The van der Waals surface area contributed by atoms with Crippen LogP contribution in [-0.4, -0.2) is 67.7 Å². The van der Waals surface area contributed by atoms with Gasteiger partial charge < -0.3 is 19.5 Å². The first-order valence-electron chi connectivity index (χ1n) is 14.4. The molecule has 228 valence electrons. The number of likely N-dealkylation sites (tertiary alicyclic amines) is 1. The molecule has 11 nitrogen and oxygen atoms in total. The molecule has 4 aromatic rings. The van der Waals surface area contributed by atoms with E-state index < -0.39 is 35.3 Å². The molecule has 1 amide bonds. The number of aliphatic hydroxyl groups is 1. The number of hydrogen-bond acceptors (Lipinski definition) is 8. The lowest BCUT2D eigenvalue weighted by atomic mass is 9.94. The van der Waals surface area contributed by atoms with E-state index in [9.17, 15) is 23.9 Å². The maximum atomic E-state index is 14.7. The van der Waals surface area contributed by atoms with Crippen molar-refractivity contribution in [2.24, 2.45) is 0 Å². The van der Waals surface area contributed by atoms with Gasteiger partial charge in [-0.05, 0) is 63.3 Å². The first-order chi connectivity index (χ1) is 20.7. The summed E-state index contributed by atoms with van der Waals surface area (Å²) in [7, 11) is 3.13. The summed E-state index contributed by atoms with van der Waals surface area (Å²) in [5.74, 6) is -0.392. The Balaban J connectivity index is 1.55. The van der Waals surface area contributed by atoms with Gasteiger partial charge in [-0.1, -0.05) is 11.3 Å². The van der Waals surface area contributed by atoms with Crippen LogP contribution in [0.3, 0.4) is 0 Å². The third-order valence-corrected chi connectivity index (χ3v) is 9.83. The Kier molecular flexibility index (Phi) is 7.96. The van der Waals surface area contributed by atoms with E-state index in [4.69, 9.17) is 9.47 Å². The molecule has 2 aliphatic rings. The quantitative estimate of drug-likeness (QED) is 0.325. The van der Waals surface area contributed by atoms with E-state index in [-0.39, 0.29) is 18.6 Å².